The van der Waals surface area contributed by atoms with Gasteiger partial charge in [0.1, 0.15) is 6.10 Å². The van der Waals surface area contributed by atoms with Crippen molar-refractivity contribution in [3.8, 4) is 0 Å². The van der Waals surface area contributed by atoms with E-state index in [1.807, 2.05) is 42.5 Å². The van der Waals surface area contributed by atoms with Gasteiger partial charge in [0, 0.05) is 13.1 Å². The molecule has 0 bridgehead atoms. The average Bonchev–Trinajstić information content (AvgIpc) is 3.23. The van der Waals surface area contributed by atoms with E-state index in [-0.39, 0.29) is 12.2 Å². The standard InChI is InChI=1S/C18H23N3O4S/c1-14-19-18(25-20-14)17-11-10-16(24-17)13-21(26(2,22)23)12-6-9-15-7-4-3-5-8-15/h3-9,16-17H,10-13H2,1-2H3/b9-6+/t16-,17+/m1/s1. The van der Waals surface area contributed by atoms with Crippen LogP contribution in [0.15, 0.2) is 40.9 Å². The molecular weight excluding hydrogens is 354 g/mol. The highest BCUT2D eigenvalue weighted by atomic mass is 32.2. The van der Waals surface area contributed by atoms with E-state index in [2.05, 4.69) is 10.1 Å². The van der Waals surface area contributed by atoms with Gasteiger partial charge >= 0.3 is 0 Å². The minimum absolute atomic E-state index is 0.188. The number of ether oxygens (including phenoxy) is 1. The fourth-order valence-electron chi connectivity index (χ4n) is 2.91. The van der Waals surface area contributed by atoms with Crippen LogP contribution in [0.1, 0.15) is 36.2 Å². The smallest absolute Gasteiger partial charge is 0.255 e. The minimum atomic E-state index is -3.33. The molecule has 0 amide bonds. The third-order valence-electron chi connectivity index (χ3n) is 4.22. The first-order chi connectivity index (χ1) is 12.4. The Hall–Kier alpha value is -2.03. The van der Waals surface area contributed by atoms with Crippen molar-refractivity contribution in [1.29, 1.82) is 0 Å². The maximum absolute atomic E-state index is 12.1. The maximum atomic E-state index is 12.1. The molecule has 140 valence electrons. The second kappa shape index (κ2) is 8.11. The van der Waals surface area contributed by atoms with Crippen LogP contribution >= 0.6 is 0 Å². The van der Waals surface area contributed by atoms with Gasteiger partial charge in [-0.2, -0.15) is 9.29 Å². The zero-order valence-electron chi connectivity index (χ0n) is 14.9. The van der Waals surface area contributed by atoms with Gasteiger partial charge in [-0.05, 0) is 25.3 Å². The van der Waals surface area contributed by atoms with Crippen LogP contribution in [0.3, 0.4) is 0 Å². The van der Waals surface area contributed by atoms with E-state index in [1.54, 1.807) is 6.92 Å². The van der Waals surface area contributed by atoms with Crippen molar-refractivity contribution in [3.63, 3.8) is 0 Å². The summed E-state index contributed by atoms with van der Waals surface area (Å²) in [5.74, 6) is 1.02. The quantitative estimate of drug-likeness (QED) is 0.737. The number of hydrogen-bond acceptors (Lipinski definition) is 6. The van der Waals surface area contributed by atoms with Gasteiger partial charge in [-0.15, -0.1) is 0 Å². The molecule has 0 radical (unpaired) electrons. The molecule has 8 heteroatoms. The predicted molar refractivity (Wildman–Crippen MR) is 97.8 cm³/mol. The van der Waals surface area contributed by atoms with Crippen molar-refractivity contribution in [1.82, 2.24) is 14.4 Å². The highest BCUT2D eigenvalue weighted by Crippen LogP contribution is 2.32. The summed E-state index contributed by atoms with van der Waals surface area (Å²) >= 11 is 0. The van der Waals surface area contributed by atoms with Gasteiger partial charge < -0.3 is 9.26 Å². The van der Waals surface area contributed by atoms with Gasteiger partial charge in [0.25, 0.3) is 5.89 Å². The van der Waals surface area contributed by atoms with E-state index < -0.39 is 10.0 Å². The lowest BCUT2D eigenvalue weighted by atomic mass is 10.2. The van der Waals surface area contributed by atoms with Crippen molar-refractivity contribution in [2.75, 3.05) is 19.3 Å². The Kier molecular flexibility index (Phi) is 5.85. The number of hydrogen-bond donors (Lipinski definition) is 0. The second-order valence-corrected chi connectivity index (χ2v) is 8.38. The lowest BCUT2D eigenvalue weighted by Crippen LogP contribution is -2.36. The monoisotopic (exact) mass is 377 g/mol. The molecule has 0 N–H and O–H groups in total. The van der Waals surface area contributed by atoms with Crippen LogP contribution in [0.25, 0.3) is 6.08 Å². The first-order valence-corrected chi connectivity index (χ1v) is 10.4. The fraction of sp³-hybridized carbons (Fsp3) is 0.444. The molecule has 0 aliphatic carbocycles. The van der Waals surface area contributed by atoms with E-state index in [9.17, 15) is 8.42 Å². The number of aryl methyl sites for hydroxylation is 1. The van der Waals surface area contributed by atoms with E-state index in [0.717, 1.165) is 18.4 Å². The lowest BCUT2D eigenvalue weighted by Gasteiger charge is -2.22. The molecule has 1 aromatic carbocycles. The molecule has 0 unspecified atom stereocenters. The molecular formula is C18H23N3O4S. The SMILES string of the molecule is Cc1noc([C@@H]2CC[C@H](CN(C/C=C/c3ccccc3)S(C)(=O)=O)O2)n1. The Bertz CT molecular complexity index is 848. The summed E-state index contributed by atoms with van der Waals surface area (Å²) in [6.07, 6.45) is 6.03. The number of rotatable bonds is 7. The van der Waals surface area contributed by atoms with Crippen molar-refractivity contribution >= 4 is 16.1 Å². The Morgan fingerprint density at radius 2 is 2.04 bits per heavy atom. The molecule has 7 nitrogen and oxygen atoms in total. The van der Waals surface area contributed by atoms with Crippen LogP contribution in [-0.2, 0) is 14.8 Å². The molecule has 26 heavy (non-hydrogen) atoms. The Morgan fingerprint density at radius 3 is 2.69 bits per heavy atom. The van der Waals surface area contributed by atoms with E-state index in [4.69, 9.17) is 9.26 Å². The van der Waals surface area contributed by atoms with E-state index in [0.29, 0.717) is 24.8 Å². The van der Waals surface area contributed by atoms with Gasteiger partial charge in [0.2, 0.25) is 10.0 Å². The second-order valence-electron chi connectivity index (χ2n) is 6.40. The van der Waals surface area contributed by atoms with Crippen LogP contribution < -0.4 is 0 Å². The predicted octanol–water partition coefficient (Wildman–Crippen LogP) is 2.57. The van der Waals surface area contributed by atoms with Crippen molar-refractivity contribution in [2.24, 2.45) is 0 Å². The normalized spacial score (nSPS) is 21.0. The molecule has 2 atom stereocenters. The maximum Gasteiger partial charge on any atom is 0.255 e. The Morgan fingerprint density at radius 1 is 1.27 bits per heavy atom. The molecule has 1 aliphatic heterocycles. The largest absolute Gasteiger partial charge is 0.364 e. The van der Waals surface area contributed by atoms with Crippen LogP contribution in [0, 0.1) is 6.92 Å². The number of aromatic nitrogens is 2. The number of benzene rings is 1. The molecule has 3 rings (SSSR count). The zero-order valence-corrected chi connectivity index (χ0v) is 15.7. The van der Waals surface area contributed by atoms with E-state index in [1.165, 1.54) is 10.6 Å². The van der Waals surface area contributed by atoms with Gasteiger partial charge in [-0.3, -0.25) is 0 Å². The van der Waals surface area contributed by atoms with Gasteiger partial charge in [0.05, 0.1) is 12.4 Å². The molecule has 1 aromatic heterocycles. The lowest BCUT2D eigenvalue weighted by molar-refractivity contribution is 0.0187. The fourth-order valence-corrected chi connectivity index (χ4v) is 3.70. The summed E-state index contributed by atoms with van der Waals surface area (Å²) in [6.45, 7) is 2.36. The molecule has 1 fully saturated rings. The number of sulfonamides is 1. The van der Waals surface area contributed by atoms with Crippen molar-refractivity contribution in [2.45, 2.75) is 32.0 Å². The van der Waals surface area contributed by atoms with E-state index >= 15 is 0 Å². The van der Waals surface area contributed by atoms with Gasteiger partial charge in [-0.25, -0.2) is 8.42 Å². The van der Waals surface area contributed by atoms with Gasteiger partial charge in [0.15, 0.2) is 5.82 Å². The summed E-state index contributed by atoms with van der Waals surface area (Å²) in [7, 11) is -3.33. The molecule has 1 aliphatic rings. The van der Waals surface area contributed by atoms with Crippen molar-refractivity contribution < 1.29 is 17.7 Å². The molecule has 1 saturated heterocycles. The highest BCUT2D eigenvalue weighted by molar-refractivity contribution is 7.88. The van der Waals surface area contributed by atoms with Crippen LogP contribution in [0.2, 0.25) is 0 Å². The highest BCUT2D eigenvalue weighted by Gasteiger charge is 2.32. The van der Waals surface area contributed by atoms with Crippen LogP contribution in [0.4, 0.5) is 0 Å². The summed E-state index contributed by atoms with van der Waals surface area (Å²) in [5, 5.41) is 3.77. The summed E-state index contributed by atoms with van der Waals surface area (Å²) in [5.41, 5.74) is 1.03. The first kappa shape index (κ1) is 18.8. The van der Waals surface area contributed by atoms with Gasteiger partial charge in [-0.1, -0.05) is 47.6 Å². The van der Waals surface area contributed by atoms with Crippen LogP contribution in [0.5, 0.6) is 0 Å². The summed E-state index contributed by atoms with van der Waals surface area (Å²) < 4.78 is 36.7. The summed E-state index contributed by atoms with van der Waals surface area (Å²) in [6, 6.07) is 9.77. The minimum Gasteiger partial charge on any atom is -0.364 e. The third-order valence-corrected chi connectivity index (χ3v) is 5.46. The Labute approximate surface area is 153 Å². The molecule has 2 heterocycles. The molecule has 2 aromatic rings. The third kappa shape index (κ3) is 5.00. The van der Waals surface area contributed by atoms with Crippen LogP contribution in [-0.4, -0.2) is 48.3 Å². The first-order valence-electron chi connectivity index (χ1n) is 8.54. The Balaban J connectivity index is 1.60. The summed E-state index contributed by atoms with van der Waals surface area (Å²) in [4.78, 5) is 4.19. The topological polar surface area (TPSA) is 85.5 Å². The number of nitrogens with zero attached hydrogens (tertiary/aromatic N) is 3. The van der Waals surface area contributed by atoms with Crippen molar-refractivity contribution in [3.05, 3.63) is 53.7 Å². The molecule has 0 spiro atoms. The zero-order chi connectivity index (χ0) is 18.6. The average molecular weight is 377 g/mol. The molecule has 0 saturated carbocycles.